The van der Waals surface area contributed by atoms with Crippen LogP contribution < -0.4 is 5.32 Å². The minimum absolute atomic E-state index is 0.00347. The van der Waals surface area contributed by atoms with Crippen molar-refractivity contribution in [2.45, 2.75) is 19.6 Å². The van der Waals surface area contributed by atoms with Gasteiger partial charge in [0.25, 0.3) is 0 Å². The molecule has 1 nitrogen and oxygen atoms in total. The fourth-order valence-corrected chi connectivity index (χ4v) is 1.83. The smallest absolute Gasteiger partial charge is 0.228 e. The first-order valence-corrected chi connectivity index (χ1v) is 7.30. The van der Waals surface area contributed by atoms with Crippen LogP contribution in [-0.2, 0) is 0 Å². The second kappa shape index (κ2) is 9.22. The maximum atomic E-state index is 13.4. The molecule has 0 bridgehead atoms. The third kappa shape index (κ3) is 5.33. The topological polar surface area (TPSA) is 12.0 Å². The molecule has 0 spiro atoms. The van der Waals surface area contributed by atoms with E-state index in [0.717, 1.165) is 0 Å². The van der Waals surface area contributed by atoms with Crippen LogP contribution in [0.3, 0.4) is 0 Å². The third-order valence-electron chi connectivity index (χ3n) is 3.09. The molecule has 0 fully saturated rings. The van der Waals surface area contributed by atoms with Crippen molar-refractivity contribution in [1.82, 2.24) is 5.32 Å². The molecule has 0 saturated carbocycles. The Kier molecular flexibility index (Phi) is 7.79. The number of hydrogen-bond acceptors (Lipinski definition) is 1. The zero-order valence-corrected chi connectivity index (χ0v) is 13.7. The van der Waals surface area contributed by atoms with E-state index in [-0.39, 0.29) is 6.54 Å². The number of benzene rings is 2. The highest BCUT2D eigenvalue weighted by Gasteiger charge is 2.29. The van der Waals surface area contributed by atoms with Crippen LogP contribution in [0, 0.1) is 46.5 Å². The molecule has 1 N–H and O–H groups in total. The van der Waals surface area contributed by atoms with Crippen LogP contribution in [0.4, 0.5) is 48.3 Å². The SMILES string of the molecule is CCCNC(F)(F)F.Fc1ccc(-c2c(F)c(F)c(F)c(F)c2F)c(F)c1F. The Morgan fingerprint density at radius 3 is 1.54 bits per heavy atom. The summed E-state index contributed by atoms with van der Waals surface area (Å²) in [6.45, 7) is 1.68. The van der Waals surface area contributed by atoms with Crippen LogP contribution in [0.5, 0.6) is 0 Å². The van der Waals surface area contributed by atoms with Gasteiger partial charge in [-0.05, 0) is 18.6 Å². The van der Waals surface area contributed by atoms with Crippen molar-refractivity contribution in [1.29, 1.82) is 0 Å². The molecular weight excluding hydrogens is 415 g/mol. The Morgan fingerprint density at radius 1 is 0.679 bits per heavy atom. The highest BCUT2D eigenvalue weighted by Crippen LogP contribution is 2.34. The average molecular weight is 425 g/mol. The predicted octanol–water partition coefficient (Wildman–Crippen LogP) is 5.97. The second-order valence-electron chi connectivity index (χ2n) is 5.09. The van der Waals surface area contributed by atoms with Crippen LogP contribution >= 0.6 is 0 Å². The van der Waals surface area contributed by atoms with Gasteiger partial charge in [-0.1, -0.05) is 6.92 Å². The van der Waals surface area contributed by atoms with Crippen molar-refractivity contribution in [2.24, 2.45) is 0 Å². The number of alkyl halides is 3. The van der Waals surface area contributed by atoms with E-state index in [1.54, 1.807) is 6.92 Å². The van der Waals surface area contributed by atoms with Crippen LogP contribution in [-0.4, -0.2) is 12.8 Å². The van der Waals surface area contributed by atoms with Crippen LogP contribution in [0.2, 0.25) is 0 Å². The van der Waals surface area contributed by atoms with Gasteiger partial charge in [0, 0.05) is 12.1 Å². The molecule has 2 aromatic rings. The van der Waals surface area contributed by atoms with Gasteiger partial charge < -0.3 is 0 Å². The lowest BCUT2D eigenvalue weighted by Crippen LogP contribution is -2.31. The molecule has 156 valence electrons. The van der Waals surface area contributed by atoms with Gasteiger partial charge in [-0.3, -0.25) is 0 Å². The predicted molar refractivity (Wildman–Crippen MR) is 75.9 cm³/mol. The van der Waals surface area contributed by atoms with E-state index in [1.165, 1.54) is 5.32 Å². The van der Waals surface area contributed by atoms with E-state index in [2.05, 4.69) is 0 Å². The maximum Gasteiger partial charge on any atom is 0.457 e. The van der Waals surface area contributed by atoms with Crippen molar-refractivity contribution in [3.8, 4) is 11.1 Å². The molecule has 0 atom stereocenters. The summed E-state index contributed by atoms with van der Waals surface area (Å²) in [6, 6.07) is 0.665. The molecule has 0 aliphatic rings. The molecule has 0 aromatic heterocycles. The average Bonchev–Trinajstić information content (AvgIpc) is 2.63. The Bertz CT molecular complexity index is 817. The Balaban J connectivity index is 0.000000416. The maximum absolute atomic E-state index is 13.4. The Morgan fingerprint density at radius 2 is 1.14 bits per heavy atom. The molecule has 0 heterocycles. The lowest BCUT2D eigenvalue weighted by atomic mass is 10.0. The molecule has 12 heteroatoms. The fraction of sp³-hybridized carbons (Fsp3) is 0.250. The molecule has 2 aromatic carbocycles. The molecule has 28 heavy (non-hydrogen) atoms. The first-order chi connectivity index (χ1) is 12.8. The molecule has 0 aliphatic carbocycles. The summed E-state index contributed by atoms with van der Waals surface area (Å²) in [5, 5.41) is 1.37. The van der Waals surface area contributed by atoms with E-state index in [1.807, 2.05) is 0 Å². The van der Waals surface area contributed by atoms with Gasteiger partial charge in [-0.25, -0.2) is 40.4 Å². The minimum Gasteiger partial charge on any atom is -0.228 e. The fourth-order valence-electron chi connectivity index (χ4n) is 1.83. The monoisotopic (exact) mass is 425 g/mol. The molecule has 2 rings (SSSR count). The summed E-state index contributed by atoms with van der Waals surface area (Å²) < 4.78 is 138. The second-order valence-corrected chi connectivity index (χ2v) is 5.09. The third-order valence-corrected chi connectivity index (χ3v) is 3.09. The van der Waals surface area contributed by atoms with E-state index < -0.39 is 64.0 Å². The summed E-state index contributed by atoms with van der Waals surface area (Å²) in [4.78, 5) is 0. The number of rotatable bonds is 3. The van der Waals surface area contributed by atoms with Crippen molar-refractivity contribution in [3.63, 3.8) is 0 Å². The van der Waals surface area contributed by atoms with Crippen molar-refractivity contribution >= 4 is 0 Å². The van der Waals surface area contributed by atoms with Gasteiger partial charge in [0.1, 0.15) is 0 Å². The zero-order chi connectivity index (χ0) is 21.8. The highest BCUT2D eigenvalue weighted by molar-refractivity contribution is 5.66. The van der Waals surface area contributed by atoms with E-state index in [0.29, 0.717) is 18.6 Å². The van der Waals surface area contributed by atoms with Gasteiger partial charge in [0.15, 0.2) is 40.7 Å². The van der Waals surface area contributed by atoms with E-state index in [4.69, 9.17) is 0 Å². The largest absolute Gasteiger partial charge is 0.457 e. The van der Waals surface area contributed by atoms with E-state index in [9.17, 15) is 48.3 Å². The normalized spacial score (nSPS) is 11.3. The summed E-state index contributed by atoms with van der Waals surface area (Å²) >= 11 is 0. The standard InChI is InChI=1S/C12H2F8.C4H8F3N/c13-4-2-1-3(6(14)7(4)15)5-8(16)10(18)12(20)11(19)9(5)17;1-2-3-8-4(5,6)7/h1-2H;8H,2-3H2,1H3. The van der Waals surface area contributed by atoms with Gasteiger partial charge in [0.05, 0.1) is 5.56 Å². The highest BCUT2D eigenvalue weighted by atomic mass is 19.4. The van der Waals surface area contributed by atoms with Gasteiger partial charge in [0.2, 0.25) is 5.82 Å². The molecule has 0 saturated heterocycles. The number of nitrogens with one attached hydrogen (secondary N) is 1. The van der Waals surface area contributed by atoms with Gasteiger partial charge in [-0.15, -0.1) is 0 Å². The van der Waals surface area contributed by atoms with Crippen molar-refractivity contribution < 1.29 is 48.3 Å². The van der Waals surface area contributed by atoms with Gasteiger partial charge in [-0.2, -0.15) is 13.2 Å². The summed E-state index contributed by atoms with van der Waals surface area (Å²) in [6.07, 6.45) is -3.70. The first kappa shape index (κ1) is 23.7. The lowest BCUT2D eigenvalue weighted by molar-refractivity contribution is -0.156. The Labute approximate surface area is 150 Å². The minimum atomic E-state index is -4.20. The summed E-state index contributed by atoms with van der Waals surface area (Å²) in [5.74, 6) is -17.6. The molecule has 0 unspecified atom stereocenters. The molecule has 0 amide bonds. The molecule has 0 radical (unpaired) electrons. The van der Waals surface area contributed by atoms with Crippen molar-refractivity contribution in [2.75, 3.05) is 6.54 Å². The van der Waals surface area contributed by atoms with Crippen molar-refractivity contribution in [3.05, 3.63) is 58.7 Å². The van der Waals surface area contributed by atoms with Gasteiger partial charge >= 0.3 is 6.30 Å². The zero-order valence-electron chi connectivity index (χ0n) is 13.7. The van der Waals surface area contributed by atoms with Crippen LogP contribution in [0.25, 0.3) is 11.1 Å². The summed E-state index contributed by atoms with van der Waals surface area (Å²) in [5.41, 5.74) is -2.95. The van der Waals surface area contributed by atoms with E-state index >= 15 is 0 Å². The van der Waals surface area contributed by atoms with Crippen LogP contribution in [0.1, 0.15) is 13.3 Å². The first-order valence-electron chi connectivity index (χ1n) is 7.30. The lowest BCUT2D eigenvalue weighted by Gasteiger charge is -2.09. The molecular formula is C16H10F11N. The van der Waals surface area contributed by atoms with Crippen LogP contribution in [0.15, 0.2) is 12.1 Å². The number of halogens is 11. The Hall–Kier alpha value is -2.37. The number of hydrogen-bond donors (Lipinski definition) is 1. The quantitative estimate of drug-likeness (QED) is 0.277. The molecule has 0 aliphatic heterocycles. The summed E-state index contributed by atoms with van der Waals surface area (Å²) in [7, 11) is 0.